The van der Waals surface area contributed by atoms with E-state index in [1.807, 2.05) is 26.0 Å². The number of rotatable bonds is 4. The second kappa shape index (κ2) is 6.21. The van der Waals surface area contributed by atoms with Crippen LogP contribution in [0.1, 0.15) is 19.8 Å². The number of hydrogen-bond acceptors (Lipinski definition) is 7. The molecule has 1 aliphatic heterocycles. The fourth-order valence-electron chi connectivity index (χ4n) is 2.51. The Balaban J connectivity index is 2.11. The lowest BCUT2D eigenvalue weighted by atomic mass is 10.0. The first-order chi connectivity index (χ1) is 9.51. The quantitative estimate of drug-likeness (QED) is 0.857. The number of nitrogens with two attached hydrogens (primary N) is 1. The highest BCUT2D eigenvalue weighted by Crippen LogP contribution is 2.20. The van der Waals surface area contributed by atoms with Gasteiger partial charge in [-0.05, 0) is 19.4 Å². The number of aromatic nitrogens is 3. The van der Waals surface area contributed by atoms with Gasteiger partial charge in [-0.1, -0.05) is 6.92 Å². The number of anilines is 3. The second-order valence-corrected chi connectivity index (χ2v) is 5.46. The molecule has 0 unspecified atom stereocenters. The van der Waals surface area contributed by atoms with Gasteiger partial charge in [-0.25, -0.2) is 0 Å². The zero-order valence-corrected chi connectivity index (χ0v) is 12.9. The third-order valence-corrected chi connectivity index (χ3v) is 3.90. The van der Waals surface area contributed by atoms with E-state index in [-0.39, 0.29) is 5.95 Å². The first-order valence-corrected chi connectivity index (χ1v) is 7.15. The van der Waals surface area contributed by atoms with Gasteiger partial charge in [0, 0.05) is 40.3 Å². The summed E-state index contributed by atoms with van der Waals surface area (Å²) in [6.07, 6.45) is 2.26. The standard InChI is InChI=1S/C13H25N7/c1-5-20-8-6-10(7-9-20)19(4)13-16-11(14)15-12(17-13)18(2)3/h10H,5-9H2,1-4H3,(H2,14,15,16,17). The fourth-order valence-corrected chi connectivity index (χ4v) is 2.51. The minimum Gasteiger partial charge on any atom is -0.368 e. The topological polar surface area (TPSA) is 74.4 Å². The number of likely N-dealkylation sites (tertiary alicyclic amines) is 1. The Kier molecular flexibility index (Phi) is 4.59. The maximum Gasteiger partial charge on any atom is 0.231 e. The Labute approximate surface area is 120 Å². The van der Waals surface area contributed by atoms with Crippen molar-refractivity contribution >= 4 is 17.8 Å². The number of nitrogens with zero attached hydrogens (tertiary/aromatic N) is 6. The van der Waals surface area contributed by atoms with Crippen LogP contribution in [0.15, 0.2) is 0 Å². The van der Waals surface area contributed by atoms with Crippen LogP contribution in [0.4, 0.5) is 17.8 Å². The van der Waals surface area contributed by atoms with Crippen LogP contribution in [0.3, 0.4) is 0 Å². The summed E-state index contributed by atoms with van der Waals surface area (Å²) in [6, 6.07) is 0.467. The van der Waals surface area contributed by atoms with E-state index in [1.54, 1.807) is 0 Å². The Hall–Kier alpha value is -1.63. The largest absolute Gasteiger partial charge is 0.368 e. The van der Waals surface area contributed by atoms with Crippen molar-refractivity contribution in [2.75, 3.05) is 56.3 Å². The Morgan fingerprint density at radius 1 is 1.10 bits per heavy atom. The van der Waals surface area contributed by atoms with Crippen molar-refractivity contribution in [3.8, 4) is 0 Å². The van der Waals surface area contributed by atoms with Crippen LogP contribution in [-0.4, -0.2) is 66.7 Å². The van der Waals surface area contributed by atoms with Crippen molar-refractivity contribution in [2.45, 2.75) is 25.8 Å². The van der Waals surface area contributed by atoms with Crippen molar-refractivity contribution in [2.24, 2.45) is 0 Å². The van der Waals surface area contributed by atoms with E-state index in [2.05, 4.69) is 31.7 Å². The Morgan fingerprint density at radius 3 is 2.25 bits per heavy atom. The zero-order chi connectivity index (χ0) is 14.7. The molecule has 1 aromatic rings. The summed E-state index contributed by atoms with van der Waals surface area (Å²) in [5, 5.41) is 0. The maximum atomic E-state index is 5.78. The molecule has 112 valence electrons. The second-order valence-electron chi connectivity index (χ2n) is 5.46. The highest BCUT2D eigenvalue weighted by Gasteiger charge is 2.24. The molecule has 0 bridgehead atoms. The minimum absolute atomic E-state index is 0.275. The molecule has 7 nitrogen and oxygen atoms in total. The summed E-state index contributed by atoms with van der Waals surface area (Å²) < 4.78 is 0. The molecule has 1 aliphatic rings. The molecule has 0 atom stereocenters. The third kappa shape index (κ3) is 3.27. The molecule has 0 aromatic carbocycles. The van der Waals surface area contributed by atoms with Gasteiger partial charge in [0.1, 0.15) is 0 Å². The molecular formula is C13H25N7. The first kappa shape index (κ1) is 14.8. The summed E-state index contributed by atoms with van der Waals surface area (Å²) in [4.78, 5) is 19.3. The van der Waals surface area contributed by atoms with Gasteiger partial charge < -0.3 is 20.4 Å². The van der Waals surface area contributed by atoms with Crippen molar-refractivity contribution in [3.05, 3.63) is 0 Å². The molecule has 0 aliphatic carbocycles. The van der Waals surface area contributed by atoms with Crippen LogP contribution in [-0.2, 0) is 0 Å². The van der Waals surface area contributed by atoms with Crippen molar-refractivity contribution < 1.29 is 0 Å². The molecule has 1 fully saturated rings. The number of nitrogen functional groups attached to an aromatic ring is 1. The zero-order valence-electron chi connectivity index (χ0n) is 12.9. The Bertz CT molecular complexity index is 440. The van der Waals surface area contributed by atoms with Crippen LogP contribution in [0, 0.1) is 0 Å². The Morgan fingerprint density at radius 2 is 1.70 bits per heavy atom. The number of hydrogen-bond donors (Lipinski definition) is 1. The average molecular weight is 279 g/mol. The molecule has 2 N–H and O–H groups in total. The number of piperidine rings is 1. The van der Waals surface area contributed by atoms with Crippen LogP contribution >= 0.6 is 0 Å². The van der Waals surface area contributed by atoms with E-state index in [4.69, 9.17) is 5.73 Å². The molecule has 0 spiro atoms. The molecule has 7 heteroatoms. The van der Waals surface area contributed by atoms with Crippen molar-refractivity contribution in [1.29, 1.82) is 0 Å². The summed E-state index contributed by atoms with van der Waals surface area (Å²) >= 11 is 0. The van der Waals surface area contributed by atoms with Gasteiger partial charge in [0.05, 0.1) is 0 Å². The van der Waals surface area contributed by atoms with E-state index in [0.717, 1.165) is 32.5 Å². The maximum absolute atomic E-state index is 5.78. The molecule has 0 radical (unpaired) electrons. The minimum atomic E-state index is 0.275. The van der Waals surface area contributed by atoms with Crippen LogP contribution < -0.4 is 15.5 Å². The normalized spacial score (nSPS) is 17.2. The van der Waals surface area contributed by atoms with Gasteiger partial charge in [0.15, 0.2) is 0 Å². The van der Waals surface area contributed by atoms with E-state index >= 15 is 0 Å². The predicted molar refractivity (Wildman–Crippen MR) is 82.1 cm³/mol. The van der Waals surface area contributed by atoms with E-state index in [0.29, 0.717) is 17.9 Å². The average Bonchev–Trinajstić information content (AvgIpc) is 2.46. The van der Waals surface area contributed by atoms with Gasteiger partial charge in [0.2, 0.25) is 17.8 Å². The summed E-state index contributed by atoms with van der Waals surface area (Å²) in [6.45, 7) is 5.60. The predicted octanol–water partition coefficient (Wildman–Crippen LogP) is 0.440. The highest BCUT2D eigenvalue weighted by atomic mass is 15.3. The lowest BCUT2D eigenvalue weighted by molar-refractivity contribution is 0.220. The van der Waals surface area contributed by atoms with Crippen molar-refractivity contribution in [1.82, 2.24) is 19.9 Å². The summed E-state index contributed by atoms with van der Waals surface area (Å²) in [5.41, 5.74) is 5.78. The van der Waals surface area contributed by atoms with E-state index in [9.17, 15) is 0 Å². The molecule has 20 heavy (non-hydrogen) atoms. The third-order valence-electron chi connectivity index (χ3n) is 3.90. The monoisotopic (exact) mass is 279 g/mol. The molecule has 0 amide bonds. The van der Waals surface area contributed by atoms with Gasteiger partial charge in [-0.3, -0.25) is 0 Å². The van der Waals surface area contributed by atoms with Gasteiger partial charge in [-0.15, -0.1) is 0 Å². The molecule has 2 rings (SSSR count). The molecule has 0 saturated carbocycles. The highest BCUT2D eigenvalue weighted by molar-refractivity contribution is 5.42. The van der Waals surface area contributed by atoms with E-state index < -0.39 is 0 Å². The van der Waals surface area contributed by atoms with Crippen LogP contribution in [0.2, 0.25) is 0 Å². The van der Waals surface area contributed by atoms with Crippen LogP contribution in [0.5, 0.6) is 0 Å². The summed E-state index contributed by atoms with van der Waals surface area (Å²) in [7, 11) is 5.84. The fraction of sp³-hybridized carbons (Fsp3) is 0.769. The molecular weight excluding hydrogens is 254 g/mol. The lowest BCUT2D eigenvalue weighted by Crippen LogP contribution is -2.44. The molecule has 1 aromatic heterocycles. The SMILES string of the molecule is CCN1CCC(N(C)c2nc(N)nc(N(C)C)n2)CC1. The lowest BCUT2D eigenvalue weighted by Gasteiger charge is -2.36. The van der Waals surface area contributed by atoms with Crippen LogP contribution in [0.25, 0.3) is 0 Å². The first-order valence-electron chi connectivity index (χ1n) is 7.15. The van der Waals surface area contributed by atoms with Gasteiger partial charge in [-0.2, -0.15) is 15.0 Å². The summed E-state index contributed by atoms with van der Waals surface area (Å²) in [5.74, 6) is 1.54. The molecule has 2 heterocycles. The van der Waals surface area contributed by atoms with E-state index in [1.165, 1.54) is 0 Å². The van der Waals surface area contributed by atoms with Crippen molar-refractivity contribution in [3.63, 3.8) is 0 Å². The van der Waals surface area contributed by atoms with Gasteiger partial charge >= 0.3 is 0 Å². The smallest absolute Gasteiger partial charge is 0.231 e. The van der Waals surface area contributed by atoms with Gasteiger partial charge in [0.25, 0.3) is 0 Å². The molecule has 1 saturated heterocycles.